The molecule has 2 bridgehead atoms. The molecule has 9 atom stereocenters. The molecule has 3 rings (SSSR count). The van der Waals surface area contributed by atoms with Gasteiger partial charge in [0.1, 0.15) is 35.6 Å². The van der Waals surface area contributed by atoms with Crippen LogP contribution in [0.4, 0.5) is 0 Å². The van der Waals surface area contributed by atoms with Gasteiger partial charge in [0, 0.05) is 11.8 Å². The molecule has 9 heteroatoms. The van der Waals surface area contributed by atoms with Crippen LogP contribution in [0, 0.1) is 5.41 Å². The summed E-state index contributed by atoms with van der Waals surface area (Å²) in [5, 5.41) is 51.2. The largest absolute Gasteiger partial charge is 0.394 e. The molecule has 9 nitrogen and oxygen atoms in total. The third kappa shape index (κ3) is 4.26. The van der Waals surface area contributed by atoms with Crippen LogP contribution < -0.4 is 0 Å². The van der Waals surface area contributed by atoms with Crippen LogP contribution in [0.1, 0.15) is 40.5 Å². The topological polar surface area (TPSA) is 146 Å². The number of hydrogen-bond acceptors (Lipinski definition) is 9. The minimum absolute atomic E-state index is 0.0811. The van der Waals surface area contributed by atoms with Crippen molar-refractivity contribution in [1.29, 1.82) is 0 Å². The van der Waals surface area contributed by atoms with Crippen LogP contribution in [-0.4, -0.2) is 92.5 Å². The fourth-order valence-electron chi connectivity index (χ4n) is 5.08. The lowest BCUT2D eigenvalue weighted by Gasteiger charge is -2.51. The number of fused-ring (bicyclic) bond motifs is 2. The van der Waals surface area contributed by atoms with Crippen LogP contribution in [0.3, 0.4) is 0 Å². The molecular formula is C22H34O9. The molecule has 1 aliphatic carbocycles. The van der Waals surface area contributed by atoms with Gasteiger partial charge in [0.15, 0.2) is 12.1 Å². The van der Waals surface area contributed by atoms with E-state index in [2.05, 4.69) is 0 Å². The first kappa shape index (κ1) is 24.5. The van der Waals surface area contributed by atoms with Gasteiger partial charge in [0.25, 0.3) is 0 Å². The summed E-state index contributed by atoms with van der Waals surface area (Å²) in [6.07, 6.45) is -1.68. The molecule has 176 valence electrons. The van der Waals surface area contributed by atoms with E-state index in [1.807, 2.05) is 6.92 Å². The van der Waals surface area contributed by atoms with Crippen LogP contribution in [0.5, 0.6) is 0 Å². The molecule has 3 fully saturated rings. The Morgan fingerprint density at radius 3 is 2.39 bits per heavy atom. The highest BCUT2D eigenvalue weighted by Crippen LogP contribution is 2.58. The van der Waals surface area contributed by atoms with Crippen molar-refractivity contribution in [3.63, 3.8) is 0 Å². The minimum Gasteiger partial charge on any atom is -0.394 e. The maximum absolute atomic E-state index is 11.6. The van der Waals surface area contributed by atoms with E-state index in [0.29, 0.717) is 12.0 Å². The summed E-state index contributed by atoms with van der Waals surface area (Å²) in [5.41, 5.74) is -2.31. The first-order chi connectivity index (χ1) is 14.4. The van der Waals surface area contributed by atoms with Crippen LogP contribution in [0.2, 0.25) is 0 Å². The lowest BCUT2D eigenvalue weighted by Crippen LogP contribution is -2.63. The Hall–Kier alpha value is -1.17. The summed E-state index contributed by atoms with van der Waals surface area (Å²) in [6.45, 7) is 6.66. The molecular weight excluding hydrogens is 408 g/mol. The van der Waals surface area contributed by atoms with Gasteiger partial charge in [-0.05, 0) is 44.9 Å². The Morgan fingerprint density at radius 2 is 1.81 bits per heavy atom. The lowest BCUT2D eigenvalue weighted by atomic mass is 9.59. The van der Waals surface area contributed by atoms with E-state index < -0.39 is 60.0 Å². The summed E-state index contributed by atoms with van der Waals surface area (Å²) in [5.74, 6) is -0.0811. The van der Waals surface area contributed by atoms with Gasteiger partial charge in [0.05, 0.1) is 19.3 Å². The van der Waals surface area contributed by atoms with E-state index in [1.165, 1.54) is 13.0 Å². The Kier molecular flexibility index (Phi) is 6.82. The predicted octanol–water partition coefficient (Wildman–Crippen LogP) is -0.417. The number of aliphatic hydroxyl groups is 5. The molecule has 3 aliphatic rings. The first-order valence-corrected chi connectivity index (χ1v) is 10.6. The van der Waals surface area contributed by atoms with Crippen molar-refractivity contribution >= 4 is 5.78 Å². The average molecular weight is 443 g/mol. The summed E-state index contributed by atoms with van der Waals surface area (Å²) in [6, 6.07) is 0. The number of carbonyl (C=O) groups is 1. The number of ether oxygens (including phenoxy) is 3. The Morgan fingerprint density at radius 1 is 1.13 bits per heavy atom. The molecule has 5 unspecified atom stereocenters. The van der Waals surface area contributed by atoms with Crippen molar-refractivity contribution in [1.82, 2.24) is 0 Å². The molecule has 0 aromatic carbocycles. The smallest absolute Gasteiger partial charge is 0.186 e. The van der Waals surface area contributed by atoms with Crippen molar-refractivity contribution in [3.05, 3.63) is 23.8 Å². The molecule has 0 amide bonds. The second-order valence-electron chi connectivity index (χ2n) is 9.54. The predicted molar refractivity (Wildman–Crippen MR) is 109 cm³/mol. The van der Waals surface area contributed by atoms with Gasteiger partial charge in [0.2, 0.25) is 0 Å². The van der Waals surface area contributed by atoms with Crippen molar-refractivity contribution in [3.8, 4) is 0 Å². The normalized spacial score (nSPS) is 48.4. The fraction of sp³-hybridized carbons (Fsp3) is 0.773. The molecule has 2 saturated heterocycles. The number of rotatable bonds is 6. The van der Waals surface area contributed by atoms with Crippen molar-refractivity contribution < 1.29 is 44.5 Å². The van der Waals surface area contributed by atoms with Crippen LogP contribution >= 0.6 is 0 Å². The zero-order valence-corrected chi connectivity index (χ0v) is 18.4. The third-order valence-electron chi connectivity index (χ3n) is 6.92. The Balaban J connectivity index is 1.78. The van der Waals surface area contributed by atoms with Crippen LogP contribution in [-0.2, 0) is 19.0 Å². The van der Waals surface area contributed by atoms with Gasteiger partial charge < -0.3 is 39.7 Å². The summed E-state index contributed by atoms with van der Waals surface area (Å²) in [4.78, 5) is 11.3. The minimum atomic E-state index is -1.52. The number of ketones is 1. The Bertz CT molecular complexity index is 727. The van der Waals surface area contributed by atoms with Crippen LogP contribution in [0.25, 0.3) is 0 Å². The molecule has 0 radical (unpaired) electrons. The molecule has 1 saturated carbocycles. The van der Waals surface area contributed by atoms with Gasteiger partial charge >= 0.3 is 0 Å². The van der Waals surface area contributed by atoms with Gasteiger partial charge in [-0.2, -0.15) is 0 Å². The quantitative estimate of drug-likeness (QED) is 0.273. The molecule has 5 N–H and O–H groups in total. The standard InChI is InChI=1S/C22H34O9/c1-12(7-13(2)24)5-6-22(28)20(3)8-14(9-21(22,4)29-11-20)30-19-18(27)17(26)16(25)15(10-23)31-19/h5-7,14-19,23,25-28H,8-11H2,1-4H3/b6-5+,12-7-/t14-,15?,16?,17?,18?,19?,20+,21+,22-/m0/s1. The molecule has 0 aromatic rings. The summed E-state index contributed by atoms with van der Waals surface area (Å²) in [7, 11) is 0. The molecule has 0 aromatic heterocycles. The van der Waals surface area contributed by atoms with Gasteiger partial charge in [-0.3, -0.25) is 4.79 Å². The zero-order chi connectivity index (χ0) is 23.2. The van der Waals surface area contributed by atoms with Gasteiger partial charge in [-0.25, -0.2) is 0 Å². The zero-order valence-electron chi connectivity index (χ0n) is 18.4. The maximum atomic E-state index is 11.6. The van der Waals surface area contributed by atoms with E-state index >= 15 is 0 Å². The first-order valence-electron chi connectivity index (χ1n) is 10.6. The number of hydrogen-bond donors (Lipinski definition) is 5. The van der Waals surface area contributed by atoms with E-state index in [1.54, 1.807) is 26.0 Å². The molecule has 2 heterocycles. The number of aliphatic hydroxyl groups excluding tert-OH is 4. The average Bonchev–Trinajstić information content (AvgIpc) is 2.79. The Labute approximate surface area is 181 Å². The fourth-order valence-corrected chi connectivity index (χ4v) is 5.08. The lowest BCUT2D eigenvalue weighted by molar-refractivity contribution is -0.319. The van der Waals surface area contributed by atoms with E-state index in [0.717, 1.165) is 0 Å². The number of carbonyl (C=O) groups excluding carboxylic acids is 1. The third-order valence-corrected chi connectivity index (χ3v) is 6.92. The molecule has 31 heavy (non-hydrogen) atoms. The van der Waals surface area contributed by atoms with Crippen LogP contribution in [0.15, 0.2) is 23.8 Å². The van der Waals surface area contributed by atoms with E-state index in [-0.39, 0.29) is 18.8 Å². The van der Waals surface area contributed by atoms with Crippen molar-refractivity contribution in [2.75, 3.05) is 13.2 Å². The second kappa shape index (κ2) is 8.64. The van der Waals surface area contributed by atoms with Crippen molar-refractivity contribution in [2.24, 2.45) is 5.41 Å². The monoisotopic (exact) mass is 442 g/mol. The van der Waals surface area contributed by atoms with Gasteiger partial charge in [-0.15, -0.1) is 0 Å². The summed E-state index contributed by atoms with van der Waals surface area (Å²) >= 11 is 0. The highest BCUT2D eigenvalue weighted by atomic mass is 16.7. The summed E-state index contributed by atoms with van der Waals surface area (Å²) < 4.78 is 17.4. The molecule has 2 aliphatic heterocycles. The maximum Gasteiger partial charge on any atom is 0.186 e. The van der Waals surface area contributed by atoms with Crippen molar-refractivity contribution in [2.45, 2.75) is 88.5 Å². The second-order valence-corrected chi connectivity index (χ2v) is 9.54. The molecule has 0 spiro atoms. The van der Waals surface area contributed by atoms with Gasteiger partial charge in [-0.1, -0.05) is 13.0 Å². The SMILES string of the molecule is CC(=O)/C=C(C)\C=C\[C@]1(O)[C@@]2(C)CO[C@]1(C)C[C@@H](OC1OC(CO)C(O)C(O)C1O)C2. The highest BCUT2D eigenvalue weighted by molar-refractivity contribution is 5.88. The van der Waals surface area contributed by atoms with E-state index in [9.17, 15) is 30.3 Å². The number of allylic oxidation sites excluding steroid dienone is 3. The van der Waals surface area contributed by atoms with E-state index in [4.69, 9.17) is 14.2 Å². The highest BCUT2D eigenvalue weighted by Gasteiger charge is 2.67.